The first-order valence-corrected chi connectivity index (χ1v) is 8.34. The molecular formula is C19H22N2O3. The van der Waals surface area contributed by atoms with Crippen LogP contribution in [0.3, 0.4) is 0 Å². The Kier molecular flexibility index (Phi) is 5.31. The molecule has 1 aliphatic heterocycles. The lowest BCUT2D eigenvalue weighted by Crippen LogP contribution is -2.35. The quantitative estimate of drug-likeness (QED) is 0.917. The van der Waals surface area contributed by atoms with Gasteiger partial charge < -0.3 is 14.6 Å². The molecule has 2 aromatic rings. The van der Waals surface area contributed by atoms with E-state index in [1.54, 1.807) is 11.2 Å². The summed E-state index contributed by atoms with van der Waals surface area (Å²) in [5.74, 6) is 0.916. The molecule has 5 nitrogen and oxygen atoms in total. The number of nitrogens with zero attached hydrogens (tertiary/aromatic N) is 1. The van der Waals surface area contributed by atoms with E-state index in [2.05, 4.69) is 17.4 Å². The Morgan fingerprint density at radius 3 is 2.75 bits per heavy atom. The van der Waals surface area contributed by atoms with Gasteiger partial charge in [0, 0.05) is 38.4 Å². The fourth-order valence-corrected chi connectivity index (χ4v) is 3.05. The number of hydrogen-bond donors (Lipinski definition) is 1. The summed E-state index contributed by atoms with van der Waals surface area (Å²) in [7, 11) is 0. The molecule has 1 fully saturated rings. The summed E-state index contributed by atoms with van der Waals surface area (Å²) in [6.07, 6.45) is 3.16. The third-order valence-electron chi connectivity index (χ3n) is 4.36. The van der Waals surface area contributed by atoms with Crippen molar-refractivity contribution in [3.63, 3.8) is 0 Å². The second kappa shape index (κ2) is 7.81. The first-order valence-electron chi connectivity index (χ1n) is 8.34. The summed E-state index contributed by atoms with van der Waals surface area (Å²) < 4.78 is 5.56. The number of nitrogens with one attached hydrogen (secondary N) is 1. The Morgan fingerprint density at radius 1 is 1.17 bits per heavy atom. The van der Waals surface area contributed by atoms with Crippen LogP contribution in [0.2, 0.25) is 0 Å². The van der Waals surface area contributed by atoms with Crippen LogP contribution in [-0.2, 0) is 16.0 Å². The monoisotopic (exact) mass is 326 g/mol. The summed E-state index contributed by atoms with van der Waals surface area (Å²) >= 11 is 0. The minimum atomic E-state index is 0.00168. The molecule has 1 aromatic carbocycles. The number of benzene rings is 1. The lowest BCUT2D eigenvalue weighted by molar-refractivity contribution is -0.131. The Bertz CT molecular complexity index is 667. The van der Waals surface area contributed by atoms with Crippen LogP contribution in [0.5, 0.6) is 0 Å². The van der Waals surface area contributed by atoms with Gasteiger partial charge in [-0.1, -0.05) is 30.3 Å². The number of carbonyl (C=O) groups excluding carboxylic acids is 2. The summed E-state index contributed by atoms with van der Waals surface area (Å²) in [4.78, 5) is 25.9. The van der Waals surface area contributed by atoms with Crippen LogP contribution in [-0.4, -0.2) is 36.3 Å². The number of carbonyl (C=O) groups is 2. The average molecular weight is 326 g/mol. The van der Waals surface area contributed by atoms with E-state index in [0.29, 0.717) is 32.5 Å². The highest BCUT2D eigenvalue weighted by Gasteiger charge is 2.24. The second-order valence-electron chi connectivity index (χ2n) is 6.09. The van der Waals surface area contributed by atoms with Crippen LogP contribution >= 0.6 is 0 Å². The Labute approximate surface area is 141 Å². The fraction of sp³-hybridized carbons (Fsp3) is 0.368. The van der Waals surface area contributed by atoms with E-state index in [4.69, 9.17) is 4.42 Å². The van der Waals surface area contributed by atoms with Crippen molar-refractivity contribution in [2.75, 3.05) is 19.6 Å². The summed E-state index contributed by atoms with van der Waals surface area (Å²) in [5, 5.41) is 2.80. The molecule has 1 aliphatic rings. The maximum atomic E-state index is 12.7. The van der Waals surface area contributed by atoms with Crippen molar-refractivity contribution < 1.29 is 14.0 Å². The van der Waals surface area contributed by atoms with E-state index < -0.39 is 0 Å². The van der Waals surface area contributed by atoms with Crippen LogP contribution in [0.25, 0.3) is 0 Å². The maximum absolute atomic E-state index is 12.7. The van der Waals surface area contributed by atoms with Crippen LogP contribution in [0.15, 0.2) is 53.1 Å². The lowest BCUT2D eigenvalue weighted by Gasteiger charge is -2.22. The third kappa shape index (κ3) is 4.25. The van der Waals surface area contributed by atoms with Gasteiger partial charge in [-0.05, 0) is 24.1 Å². The largest absolute Gasteiger partial charge is 0.469 e. The molecule has 1 aromatic heterocycles. The van der Waals surface area contributed by atoms with Crippen molar-refractivity contribution in [2.24, 2.45) is 0 Å². The fourth-order valence-electron chi connectivity index (χ4n) is 3.05. The summed E-state index contributed by atoms with van der Waals surface area (Å²) in [6.45, 7) is 1.58. The molecule has 1 unspecified atom stereocenters. The van der Waals surface area contributed by atoms with Crippen LogP contribution in [0.1, 0.15) is 30.1 Å². The van der Waals surface area contributed by atoms with Crippen molar-refractivity contribution >= 4 is 11.8 Å². The number of rotatable bonds is 5. The van der Waals surface area contributed by atoms with E-state index in [1.165, 1.54) is 5.56 Å². The summed E-state index contributed by atoms with van der Waals surface area (Å²) in [5.41, 5.74) is 1.18. The second-order valence-corrected chi connectivity index (χ2v) is 6.09. The molecule has 2 amide bonds. The number of hydrogen-bond acceptors (Lipinski definition) is 3. The highest BCUT2D eigenvalue weighted by Crippen LogP contribution is 2.26. The zero-order valence-electron chi connectivity index (χ0n) is 13.6. The van der Waals surface area contributed by atoms with E-state index in [1.807, 2.05) is 30.3 Å². The van der Waals surface area contributed by atoms with Crippen molar-refractivity contribution in [2.45, 2.75) is 25.2 Å². The molecule has 126 valence electrons. The average Bonchev–Trinajstić information content (AvgIpc) is 3.04. The zero-order chi connectivity index (χ0) is 16.8. The SMILES string of the molecule is O=C1CCN(C(=O)CC(Cc2ccccc2)c2ccco2)CCN1. The minimum absolute atomic E-state index is 0.00168. The summed E-state index contributed by atoms with van der Waals surface area (Å²) in [6, 6.07) is 13.9. The highest BCUT2D eigenvalue weighted by atomic mass is 16.3. The highest BCUT2D eigenvalue weighted by molar-refractivity contribution is 5.80. The van der Waals surface area contributed by atoms with Crippen molar-refractivity contribution in [1.82, 2.24) is 10.2 Å². The Balaban J connectivity index is 1.69. The molecular weight excluding hydrogens is 304 g/mol. The predicted molar refractivity (Wildman–Crippen MR) is 90.4 cm³/mol. The van der Waals surface area contributed by atoms with Gasteiger partial charge >= 0.3 is 0 Å². The molecule has 5 heteroatoms. The Hall–Kier alpha value is -2.56. The van der Waals surface area contributed by atoms with Gasteiger partial charge in [0.15, 0.2) is 0 Å². The van der Waals surface area contributed by atoms with E-state index in [-0.39, 0.29) is 17.7 Å². The van der Waals surface area contributed by atoms with E-state index in [0.717, 1.165) is 12.2 Å². The molecule has 1 saturated heterocycles. The molecule has 0 spiro atoms. The van der Waals surface area contributed by atoms with Gasteiger partial charge in [-0.15, -0.1) is 0 Å². The van der Waals surface area contributed by atoms with Crippen LogP contribution in [0, 0.1) is 0 Å². The molecule has 24 heavy (non-hydrogen) atoms. The lowest BCUT2D eigenvalue weighted by atomic mass is 9.93. The molecule has 1 atom stereocenters. The first-order chi connectivity index (χ1) is 11.7. The molecule has 2 heterocycles. The predicted octanol–water partition coefficient (Wildman–Crippen LogP) is 2.34. The first kappa shape index (κ1) is 16.3. The minimum Gasteiger partial charge on any atom is -0.469 e. The van der Waals surface area contributed by atoms with E-state index in [9.17, 15) is 9.59 Å². The van der Waals surface area contributed by atoms with Gasteiger partial charge in [0.1, 0.15) is 5.76 Å². The molecule has 0 bridgehead atoms. The van der Waals surface area contributed by atoms with Gasteiger partial charge in [0.25, 0.3) is 0 Å². The normalized spacial score (nSPS) is 16.3. The standard InChI is InChI=1S/C19H22N2O3/c22-18-8-10-21(11-9-20-18)19(23)14-16(17-7-4-12-24-17)13-15-5-2-1-3-6-15/h1-7,12,16H,8-11,13-14H2,(H,20,22). The van der Waals surface area contributed by atoms with Crippen molar-refractivity contribution in [3.05, 3.63) is 60.1 Å². The molecule has 0 radical (unpaired) electrons. The zero-order valence-corrected chi connectivity index (χ0v) is 13.6. The van der Waals surface area contributed by atoms with Crippen molar-refractivity contribution in [3.8, 4) is 0 Å². The van der Waals surface area contributed by atoms with E-state index >= 15 is 0 Å². The van der Waals surface area contributed by atoms with Crippen molar-refractivity contribution in [1.29, 1.82) is 0 Å². The van der Waals surface area contributed by atoms with Crippen LogP contribution in [0.4, 0.5) is 0 Å². The number of amides is 2. The topological polar surface area (TPSA) is 62.6 Å². The smallest absolute Gasteiger partial charge is 0.223 e. The van der Waals surface area contributed by atoms with Gasteiger partial charge in [0.05, 0.1) is 6.26 Å². The molecule has 1 N–H and O–H groups in total. The van der Waals surface area contributed by atoms with Gasteiger partial charge in [-0.3, -0.25) is 9.59 Å². The third-order valence-corrected chi connectivity index (χ3v) is 4.36. The molecule has 0 saturated carbocycles. The maximum Gasteiger partial charge on any atom is 0.223 e. The molecule has 3 rings (SSSR count). The van der Waals surface area contributed by atoms with Gasteiger partial charge in [-0.25, -0.2) is 0 Å². The number of furan rings is 1. The van der Waals surface area contributed by atoms with Crippen LogP contribution < -0.4 is 5.32 Å². The van der Waals surface area contributed by atoms with Gasteiger partial charge in [0.2, 0.25) is 11.8 Å². The Morgan fingerprint density at radius 2 is 2.00 bits per heavy atom. The molecule has 0 aliphatic carbocycles. The van der Waals surface area contributed by atoms with Gasteiger partial charge in [-0.2, -0.15) is 0 Å².